The van der Waals surface area contributed by atoms with Crippen molar-refractivity contribution in [2.75, 3.05) is 17.2 Å². The molecule has 0 amide bonds. The number of alkyl halides is 5. The van der Waals surface area contributed by atoms with E-state index in [9.17, 15) is 32.0 Å². The van der Waals surface area contributed by atoms with Crippen molar-refractivity contribution >= 4 is 44.7 Å². The van der Waals surface area contributed by atoms with Crippen LogP contribution in [0.15, 0.2) is 65.5 Å². The summed E-state index contributed by atoms with van der Waals surface area (Å²) in [4.78, 5) is 17.6. The van der Waals surface area contributed by atoms with Crippen molar-refractivity contribution in [1.82, 2.24) is 25.5 Å². The van der Waals surface area contributed by atoms with Crippen LogP contribution in [-0.2, 0) is 6.54 Å². The van der Waals surface area contributed by atoms with Crippen LogP contribution in [0.1, 0.15) is 50.8 Å². The van der Waals surface area contributed by atoms with Gasteiger partial charge in [-0.1, -0.05) is 44.5 Å². The van der Waals surface area contributed by atoms with Gasteiger partial charge >= 0.3 is 6.18 Å². The largest absolute Gasteiger partial charge is 0.413 e. The van der Waals surface area contributed by atoms with E-state index in [-0.39, 0.29) is 28.7 Å². The first kappa shape index (κ1) is 33.3. The van der Waals surface area contributed by atoms with Gasteiger partial charge in [-0.3, -0.25) is 14.8 Å². The molecule has 1 atom stereocenters. The van der Waals surface area contributed by atoms with Crippen molar-refractivity contribution in [3.05, 3.63) is 87.2 Å². The van der Waals surface area contributed by atoms with Crippen molar-refractivity contribution in [2.45, 2.75) is 64.3 Å². The topological polar surface area (TPSA) is 110 Å². The van der Waals surface area contributed by atoms with Crippen molar-refractivity contribution < 1.29 is 22.0 Å². The summed E-state index contributed by atoms with van der Waals surface area (Å²) in [6.45, 7) is 5.85. The SMILES string of the molecule is CC(C)(C)CNc1c(C#N)cnc2c(Cl)cc(N[C@H](C3=CN(C4(C(F)(F)F)CC4)NN3)c3cccc4c(=O)n(CC(F)F)ccc34)cc12. The highest BCUT2D eigenvalue weighted by Gasteiger charge is 2.67. The summed E-state index contributed by atoms with van der Waals surface area (Å²) in [6.07, 6.45) is -3.39. The van der Waals surface area contributed by atoms with Gasteiger partial charge in [0.2, 0.25) is 0 Å². The van der Waals surface area contributed by atoms with E-state index in [0.29, 0.717) is 51.0 Å². The number of nitriles is 1. The van der Waals surface area contributed by atoms with Crippen LogP contribution in [0.4, 0.5) is 33.3 Å². The van der Waals surface area contributed by atoms with Gasteiger partial charge in [-0.25, -0.2) is 8.78 Å². The fourth-order valence-electron chi connectivity index (χ4n) is 5.83. The molecule has 6 rings (SSSR count). The second kappa shape index (κ2) is 12.1. The highest BCUT2D eigenvalue weighted by atomic mass is 35.5. The molecule has 1 aliphatic carbocycles. The molecule has 1 fully saturated rings. The fourth-order valence-corrected chi connectivity index (χ4v) is 6.10. The first-order chi connectivity index (χ1) is 22.6. The summed E-state index contributed by atoms with van der Waals surface area (Å²) in [6, 6.07) is 11.0. The Morgan fingerprint density at radius 3 is 2.52 bits per heavy atom. The maximum Gasteiger partial charge on any atom is 0.413 e. The first-order valence-electron chi connectivity index (χ1n) is 15.1. The number of nitrogens with one attached hydrogen (secondary N) is 4. The number of benzene rings is 2. The van der Waals surface area contributed by atoms with E-state index >= 15 is 0 Å². The summed E-state index contributed by atoms with van der Waals surface area (Å²) in [5.41, 5.74) is 5.14. The second-order valence-electron chi connectivity index (χ2n) is 13.2. The zero-order valence-electron chi connectivity index (χ0n) is 26.1. The summed E-state index contributed by atoms with van der Waals surface area (Å²) < 4.78 is 69.5. The van der Waals surface area contributed by atoms with Crippen LogP contribution >= 0.6 is 11.6 Å². The normalized spacial score (nSPS) is 16.5. The summed E-state index contributed by atoms with van der Waals surface area (Å²) in [7, 11) is 0. The third kappa shape index (κ3) is 6.20. The molecule has 0 unspecified atom stereocenters. The van der Waals surface area contributed by atoms with Crippen LogP contribution in [0.2, 0.25) is 5.02 Å². The Bertz CT molecular complexity index is 2030. The van der Waals surface area contributed by atoms with Crippen LogP contribution in [-0.4, -0.2) is 39.2 Å². The molecule has 15 heteroatoms. The number of nitrogens with zero attached hydrogens (tertiary/aromatic N) is 4. The maximum absolute atomic E-state index is 14.1. The molecule has 0 spiro atoms. The van der Waals surface area contributed by atoms with Gasteiger partial charge in [-0.15, -0.1) is 5.53 Å². The molecule has 3 heterocycles. The second-order valence-corrected chi connectivity index (χ2v) is 13.6. The van der Waals surface area contributed by atoms with Gasteiger partial charge in [0, 0.05) is 41.6 Å². The van der Waals surface area contributed by atoms with Crippen molar-refractivity contribution in [3.63, 3.8) is 0 Å². The van der Waals surface area contributed by atoms with Gasteiger partial charge in [0.1, 0.15) is 6.07 Å². The van der Waals surface area contributed by atoms with Crippen LogP contribution in [0, 0.1) is 16.7 Å². The Morgan fingerprint density at radius 2 is 1.88 bits per heavy atom. The highest BCUT2D eigenvalue weighted by molar-refractivity contribution is 6.35. The minimum absolute atomic E-state index is 0.0934. The van der Waals surface area contributed by atoms with E-state index in [2.05, 4.69) is 32.6 Å². The molecule has 0 radical (unpaired) electrons. The number of hydrogen-bond acceptors (Lipinski definition) is 8. The van der Waals surface area contributed by atoms with Crippen molar-refractivity contribution in [3.8, 4) is 6.07 Å². The molecule has 1 aliphatic heterocycles. The standard InChI is InChI=1S/C33H32ClF5N8O/c1-31(2,3)17-42-27-18(13-40)14-41-28-23(27)11-19(12-24(28)34)43-29(25-15-47(45-44-25)32(8-9-32)33(37,38)39)21-5-4-6-22-20(21)7-10-46(30(22)48)16-26(35)36/h4-7,10-12,14-15,26,29,43-45H,8-9,16-17H2,1-3H3,(H,41,42)/t29-/m0/s1. The predicted octanol–water partition coefficient (Wildman–Crippen LogP) is 7.21. The molecule has 2 aromatic carbocycles. The molecule has 4 aromatic rings. The molecule has 9 nitrogen and oxygen atoms in total. The Morgan fingerprint density at radius 1 is 1.12 bits per heavy atom. The monoisotopic (exact) mass is 686 g/mol. The van der Waals surface area contributed by atoms with Crippen LogP contribution in [0.25, 0.3) is 21.7 Å². The Balaban J connectivity index is 1.49. The minimum atomic E-state index is -4.50. The molecule has 0 bridgehead atoms. The zero-order valence-corrected chi connectivity index (χ0v) is 26.9. The average molecular weight is 687 g/mol. The van der Waals surface area contributed by atoms with E-state index < -0.39 is 36.3 Å². The number of halogens is 6. The lowest BCUT2D eigenvalue weighted by molar-refractivity contribution is -0.195. The lowest BCUT2D eigenvalue weighted by Crippen LogP contribution is -2.52. The first-order valence-corrected chi connectivity index (χ1v) is 15.5. The van der Waals surface area contributed by atoms with E-state index in [4.69, 9.17) is 11.6 Å². The van der Waals surface area contributed by atoms with Gasteiger partial charge in [0.25, 0.3) is 12.0 Å². The quantitative estimate of drug-likeness (QED) is 0.137. The van der Waals surface area contributed by atoms with Gasteiger partial charge in [0.05, 0.1) is 40.1 Å². The lowest BCUT2D eigenvalue weighted by Gasteiger charge is -2.28. The smallest absolute Gasteiger partial charge is 0.383 e. The molecule has 48 heavy (non-hydrogen) atoms. The molecule has 0 saturated heterocycles. The van der Waals surface area contributed by atoms with Gasteiger partial charge in [-0.05, 0) is 53.5 Å². The number of aromatic nitrogens is 2. The molecular weight excluding hydrogens is 655 g/mol. The van der Waals surface area contributed by atoms with E-state index in [1.54, 1.807) is 24.3 Å². The molecular formula is C33H32ClF5N8O. The number of rotatable bonds is 9. The molecule has 1 saturated carbocycles. The number of fused-ring (bicyclic) bond motifs is 2. The molecule has 252 valence electrons. The minimum Gasteiger partial charge on any atom is -0.383 e. The highest BCUT2D eigenvalue weighted by Crippen LogP contribution is 2.54. The Kier molecular flexibility index (Phi) is 8.41. The average Bonchev–Trinajstić information content (AvgIpc) is 3.70. The summed E-state index contributed by atoms with van der Waals surface area (Å²) >= 11 is 6.73. The van der Waals surface area contributed by atoms with E-state index in [1.165, 1.54) is 30.7 Å². The van der Waals surface area contributed by atoms with Crippen LogP contribution in [0.3, 0.4) is 0 Å². The Hall–Kier alpha value is -4.61. The van der Waals surface area contributed by atoms with Crippen molar-refractivity contribution in [2.24, 2.45) is 5.41 Å². The predicted molar refractivity (Wildman–Crippen MR) is 174 cm³/mol. The van der Waals surface area contributed by atoms with Crippen LogP contribution in [0.5, 0.6) is 0 Å². The van der Waals surface area contributed by atoms with E-state index in [1.807, 2.05) is 20.8 Å². The fraction of sp³-hybridized carbons (Fsp3) is 0.364. The summed E-state index contributed by atoms with van der Waals surface area (Å²) in [5, 5.41) is 19.0. The lowest BCUT2D eigenvalue weighted by atomic mass is 9.96. The van der Waals surface area contributed by atoms with Gasteiger partial charge in [-0.2, -0.15) is 18.4 Å². The number of pyridine rings is 2. The van der Waals surface area contributed by atoms with Crippen molar-refractivity contribution in [1.29, 1.82) is 5.26 Å². The maximum atomic E-state index is 14.1. The molecule has 2 aliphatic rings. The number of hydrogen-bond donors (Lipinski definition) is 4. The van der Waals surface area contributed by atoms with Gasteiger partial charge in [0.15, 0.2) is 5.54 Å². The molecule has 2 aromatic heterocycles. The van der Waals surface area contributed by atoms with Crippen LogP contribution < -0.4 is 27.2 Å². The van der Waals surface area contributed by atoms with E-state index in [0.717, 1.165) is 9.58 Å². The summed E-state index contributed by atoms with van der Waals surface area (Å²) in [5.74, 6) is 0. The number of hydrazine groups is 2. The third-order valence-corrected chi connectivity index (χ3v) is 8.75. The van der Waals surface area contributed by atoms with Gasteiger partial charge < -0.3 is 20.6 Å². The molecule has 4 N–H and O–H groups in total. The zero-order chi connectivity index (χ0) is 34.6. The number of anilines is 2. The Labute approximate surface area is 277 Å². The third-order valence-electron chi connectivity index (χ3n) is 8.46.